The zero-order chi connectivity index (χ0) is 17.4. The van der Waals surface area contributed by atoms with Gasteiger partial charge in [-0.25, -0.2) is 5.43 Å². The van der Waals surface area contributed by atoms with E-state index in [4.69, 9.17) is 4.74 Å². The molecule has 0 heterocycles. The van der Waals surface area contributed by atoms with Gasteiger partial charge in [0.05, 0.1) is 6.21 Å². The summed E-state index contributed by atoms with van der Waals surface area (Å²) in [6.07, 6.45) is 3.46. The minimum absolute atomic E-state index is 0.0687. The van der Waals surface area contributed by atoms with Crippen molar-refractivity contribution in [1.82, 2.24) is 5.43 Å². The number of hydrogen-bond donors (Lipinski definition) is 1. The molecule has 5 heteroatoms. The third-order valence-corrected chi connectivity index (χ3v) is 4.05. The van der Waals surface area contributed by atoms with Crippen LogP contribution in [0, 0.1) is 0 Å². The summed E-state index contributed by atoms with van der Waals surface area (Å²) >= 11 is 3.43. The smallest absolute Gasteiger partial charge is 0.277 e. The molecule has 0 aliphatic rings. The average Bonchev–Trinajstić information content (AvgIpc) is 2.61. The van der Waals surface area contributed by atoms with Gasteiger partial charge in [0, 0.05) is 4.47 Å². The van der Waals surface area contributed by atoms with E-state index in [0.29, 0.717) is 0 Å². The van der Waals surface area contributed by atoms with Gasteiger partial charge in [-0.15, -0.1) is 0 Å². The van der Waals surface area contributed by atoms with Gasteiger partial charge in [0.15, 0.2) is 6.61 Å². The first-order valence-corrected chi connectivity index (χ1v) is 8.73. The number of nitrogens with one attached hydrogen (secondary N) is 1. The molecule has 2 aromatic rings. The van der Waals surface area contributed by atoms with Crippen LogP contribution in [0.5, 0.6) is 5.75 Å². The Labute approximate surface area is 151 Å². The Kier molecular flexibility index (Phi) is 7.00. The predicted octanol–water partition coefficient (Wildman–Crippen LogP) is 4.10. The Morgan fingerprint density at radius 3 is 2.58 bits per heavy atom. The van der Waals surface area contributed by atoms with E-state index in [2.05, 4.69) is 33.4 Å². The first kappa shape index (κ1) is 18.2. The number of carbonyl (C=O) groups is 1. The molecule has 0 radical (unpaired) electrons. The molecule has 0 saturated carbocycles. The fourth-order valence-corrected chi connectivity index (χ4v) is 2.57. The van der Waals surface area contributed by atoms with Gasteiger partial charge in [-0.05, 0) is 47.7 Å². The fraction of sp³-hybridized carbons (Fsp3) is 0.263. The van der Waals surface area contributed by atoms with E-state index in [9.17, 15) is 4.79 Å². The molecule has 126 valence electrons. The van der Waals surface area contributed by atoms with Crippen molar-refractivity contribution >= 4 is 28.1 Å². The SMILES string of the molecule is CCc1ccc(/C=N/NC(=O)COc2ccc(Br)cc2CC)cc1. The highest BCUT2D eigenvalue weighted by Gasteiger charge is 2.06. The minimum Gasteiger partial charge on any atom is -0.483 e. The number of nitrogens with zero attached hydrogens (tertiary/aromatic N) is 1. The van der Waals surface area contributed by atoms with Crippen molar-refractivity contribution in [3.05, 3.63) is 63.6 Å². The van der Waals surface area contributed by atoms with Crippen LogP contribution < -0.4 is 10.2 Å². The highest BCUT2D eigenvalue weighted by molar-refractivity contribution is 9.10. The van der Waals surface area contributed by atoms with Crippen molar-refractivity contribution in [3.8, 4) is 5.75 Å². The topological polar surface area (TPSA) is 50.7 Å². The lowest BCUT2D eigenvalue weighted by Crippen LogP contribution is -2.24. The van der Waals surface area contributed by atoms with E-state index >= 15 is 0 Å². The van der Waals surface area contributed by atoms with Gasteiger partial charge in [0.1, 0.15) is 5.75 Å². The Bertz CT molecular complexity index is 712. The monoisotopic (exact) mass is 388 g/mol. The van der Waals surface area contributed by atoms with E-state index in [1.54, 1.807) is 6.21 Å². The molecule has 1 amide bonds. The van der Waals surface area contributed by atoms with E-state index in [-0.39, 0.29) is 12.5 Å². The number of aryl methyl sites for hydroxylation is 2. The summed E-state index contributed by atoms with van der Waals surface area (Å²) in [5.41, 5.74) is 5.74. The third-order valence-electron chi connectivity index (χ3n) is 3.55. The van der Waals surface area contributed by atoms with Crippen LogP contribution in [0.25, 0.3) is 0 Å². The minimum atomic E-state index is -0.290. The maximum Gasteiger partial charge on any atom is 0.277 e. The third kappa shape index (κ3) is 5.49. The largest absolute Gasteiger partial charge is 0.483 e. The Balaban J connectivity index is 1.83. The van der Waals surface area contributed by atoms with Gasteiger partial charge in [-0.2, -0.15) is 5.10 Å². The van der Waals surface area contributed by atoms with Gasteiger partial charge in [0.25, 0.3) is 5.91 Å². The van der Waals surface area contributed by atoms with Crippen LogP contribution in [0.4, 0.5) is 0 Å². The highest BCUT2D eigenvalue weighted by atomic mass is 79.9. The first-order chi connectivity index (χ1) is 11.6. The Morgan fingerprint density at radius 1 is 1.17 bits per heavy atom. The van der Waals surface area contributed by atoms with E-state index < -0.39 is 0 Å². The molecule has 0 aliphatic carbocycles. The highest BCUT2D eigenvalue weighted by Crippen LogP contribution is 2.23. The van der Waals surface area contributed by atoms with Crippen molar-refractivity contribution in [2.24, 2.45) is 5.10 Å². The summed E-state index contributed by atoms with van der Waals surface area (Å²) in [6.45, 7) is 4.09. The molecular formula is C19H21BrN2O2. The number of hydrazone groups is 1. The summed E-state index contributed by atoms with van der Waals surface area (Å²) in [7, 11) is 0. The van der Waals surface area contributed by atoms with Gasteiger partial charge < -0.3 is 4.74 Å². The lowest BCUT2D eigenvalue weighted by atomic mass is 10.1. The number of carbonyl (C=O) groups excluding carboxylic acids is 1. The van der Waals surface area contributed by atoms with Gasteiger partial charge >= 0.3 is 0 Å². The Morgan fingerprint density at radius 2 is 1.92 bits per heavy atom. The molecule has 2 rings (SSSR count). The molecule has 0 spiro atoms. The normalized spacial score (nSPS) is 10.8. The molecule has 4 nitrogen and oxygen atoms in total. The quantitative estimate of drug-likeness (QED) is 0.573. The van der Waals surface area contributed by atoms with Crippen molar-refractivity contribution in [2.45, 2.75) is 26.7 Å². The van der Waals surface area contributed by atoms with Crippen LogP contribution >= 0.6 is 15.9 Å². The number of ether oxygens (including phenoxy) is 1. The van der Waals surface area contributed by atoms with Crippen molar-refractivity contribution in [2.75, 3.05) is 6.61 Å². The van der Waals surface area contributed by atoms with Crippen LogP contribution in [-0.4, -0.2) is 18.7 Å². The zero-order valence-electron chi connectivity index (χ0n) is 13.9. The van der Waals surface area contributed by atoms with E-state index in [0.717, 1.165) is 34.2 Å². The van der Waals surface area contributed by atoms with E-state index in [1.807, 2.05) is 49.4 Å². The van der Waals surface area contributed by atoms with Crippen LogP contribution in [0.1, 0.15) is 30.5 Å². The van der Waals surface area contributed by atoms with E-state index in [1.165, 1.54) is 5.56 Å². The lowest BCUT2D eigenvalue weighted by Gasteiger charge is -2.10. The number of halogens is 1. The summed E-state index contributed by atoms with van der Waals surface area (Å²) in [5.74, 6) is 0.427. The van der Waals surface area contributed by atoms with Crippen molar-refractivity contribution in [3.63, 3.8) is 0 Å². The lowest BCUT2D eigenvalue weighted by molar-refractivity contribution is -0.123. The Hall–Kier alpha value is -2.14. The molecule has 2 aromatic carbocycles. The van der Waals surface area contributed by atoms with Crippen LogP contribution in [0.2, 0.25) is 0 Å². The molecule has 0 unspecified atom stereocenters. The number of hydrogen-bond acceptors (Lipinski definition) is 3. The summed E-state index contributed by atoms with van der Waals surface area (Å²) in [4.78, 5) is 11.8. The van der Waals surface area contributed by atoms with Crippen LogP contribution in [0.3, 0.4) is 0 Å². The molecule has 0 bridgehead atoms. The second kappa shape index (κ2) is 9.23. The predicted molar refractivity (Wildman–Crippen MR) is 101 cm³/mol. The van der Waals surface area contributed by atoms with Gasteiger partial charge in [0.2, 0.25) is 0 Å². The standard InChI is InChI=1S/C19H21BrN2O2/c1-3-14-5-7-15(8-6-14)12-21-22-19(23)13-24-18-10-9-17(20)11-16(18)4-2/h5-12H,3-4,13H2,1-2H3,(H,22,23)/b21-12+. The molecular weight excluding hydrogens is 368 g/mol. The van der Waals surface area contributed by atoms with Crippen LogP contribution in [-0.2, 0) is 17.6 Å². The maximum absolute atomic E-state index is 11.8. The number of amides is 1. The fourth-order valence-electron chi connectivity index (χ4n) is 2.16. The molecule has 0 atom stereocenters. The first-order valence-electron chi connectivity index (χ1n) is 7.94. The number of benzene rings is 2. The summed E-state index contributed by atoms with van der Waals surface area (Å²) in [5, 5.41) is 3.95. The summed E-state index contributed by atoms with van der Waals surface area (Å²) in [6, 6.07) is 13.8. The van der Waals surface area contributed by atoms with Gasteiger partial charge in [-0.3, -0.25) is 4.79 Å². The second-order valence-corrected chi connectivity index (χ2v) is 6.20. The molecule has 0 saturated heterocycles. The maximum atomic E-state index is 11.8. The summed E-state index contributed by atoms with van der Waals surface area (Å²) < 4.78 is 6.57. The molecule has 0 fully saturated rings. The molecule has 24 heavy (non-hydrogen) atoms. The number of rotatable bonds is 7. The molecule has 1 N–H and O–H groups in total. The average molecular weight is 389 g/mol. The zero-order valence-corrected chi connectivity index (χ0v) is 15.5. The van der Waals surface area contributed by atoms with Crippen LogP contribution in [0.15, 0.2) is 52.0 Å². The van der Waals surface area contributed by atoms with Gasteiger partial charge in [-0.1, -0.05) is 54.0 Å². The van der Waals surface area contributed by atoms with Crippen molar-refractivity contribution < 1.29 is 9.53 Å². The second-order valence-electron chi connectivity index (χ2n) is 5.28. The molecule has 0 aromatic heterocycles. The van der Waals surface area contributed by atoms with Crippen molar-refractivity contribution in [1.29, 1.82) is 0 Å². The molecule has 0 aliphatic heterocycles.